The molecule has 138 valence electrons. The van der Waals surface area contributed by atoms with Crippen molar-refractivity contribution in [2.45, 2.75) is 57.5 Å². The number of carbonyl (C=O) groups is 1. The molecule has 0 saturated heterocycles. The van der Waals surface area contributed by atoms with Gasteiger partial charge in [0.05, 0.1) is 11.5 Å². The number of anilines is 1. The van der Waals surface area contributed by atoms with Gasteiger partial charge in [-0.1, -0.05) is 31.9 Å². The maximum atomic E-state index is 13.3. The Morgan fingerprint density at radius 2 is 1.73 bits per heavy atom. The molecule has 3 nitrogen and oxygen atoms in total. The topological polar surface area (TPSA) is 38.3 Å². The van der Waals surface area contributed by atoms with E-state index in [-0.39, 0.29) is 17.8 Å². The Hall–Kier alpha value is -2.36. The van der Waals surface area contributed by atoms with Crippen LogP contribution >= 0.6 is 0 Å². The lowest BCUT2D eigenvalue weighted by atomic mass is 9.78. The molecule has 3 rings (SSSR count). The summed E-state index contributed by atoms with van der Waals surface area (Å²) in [6.45, 7) is 4.11. The van der Waals surface area contributed by atoms with E-state index in [2.05, 4.69) is 12.2 Å². The summed E-state index contributed by atoms with van der Waals surface area (Å²) >= 11 is 0. The van der Waals surface area contributed by atoms with Crippen molar-refractivity contribution >= 4 is 11.6 Å². The predicted molar refractivity (Wildman–Crippen MR) is 102 cm³/mol. The molecule has 0 radical (unpaired) electrons. The Labute approximate surface area is 154 Å². The maximum absolute atomic E-state index is 13.3. The quantitative estimate of drug-likeness (QED) is 0.748. The van der Waals surface area contributed by atoms with Crippen LogP contribution < -0.4 is 10.1 Å². The third-order valence-corrected chi connectivity index (χ3v) is 5.31. The number of hydrogen-bond donors (Lipinski definition) is 1. The first-order valence-corrected chi connectivity index (χ1v) is 9.38. The van der Waals surface area contributed by atoms with Crippen LogP contribution in [0.25, 0.3) is 0 Å². The summed E-state index contributed by atoms with van der Waals surface area (Å²) in [4.78, 5) is 13.1. The molecule has 1 fully saturated rings. The number of hydrogen-bond acceptors (Lipinski definition) is 2. The predicted octanol–water partition coefficient (Wildman–Crippen LogP) is 5.45. The fourth-order valence-corrected chi connectivity index (χ4v) is 3.58. The standard InChI is InChI=1S/C22H26FNO2/c1-3-16(2)26-20-12-10-19(11-13-20)24-21(25)22(14-4-5-15-22)17-6-8-18(23)9-7-17/h6-13,16H,3-5,14-15H2,1-2H3,(H,24,25)/t16-/m0/s1. The summed E-state index contributed by atoms with van der Waals surface area (Å²) in [5.74, 6) is 0.503. The van der Waals surface area contributed by atoms with E-state index >= 15 is 0 Å². The summed E-state index contributed by atoms with van der Waals surface area (Å²) in [7, 11) is 0. The van der Waals surface area contributed by atoms with E-state index in [9.17, 15) is 9.18 Å². The molecule has 0 bridgehead atoms. The minimum Gasteiger partial charge on any atom is -0.491 e. The first kappa shape index (κ1) is 18.4. The molecule has 1 N–H and O–H groups in total. The normalized spacial score (nSPS) is 16.9. The molecule has 26 heavy (non-hydrogen) atoms. The van der Waals surface area contributed by atoms with Gasteiger partial charge in [-0.05, 0) is 68.1 Å². The first-order valence-electron chi connectivity index (χ1n) is 9.38. The SMILES string of the molecule is CC[C@H](C)Oc1ccc(NC(=O)C2(c3ccc(F)cc3)CCCC2)cc1. The lowest BCUT2D eigenvalue weighted by Crippen LogP contribution is -2.38. The van der Waals surface area contributed by atoms with Gasteiger partial charge < -0.3 is 10.1 Å². The zero-order valence-electron chi connectivity index (χ0n) is 15.4. The van der Waals surface area contributed by atoms with E-state index in [1.165, 1.54) is 12.1 Å². The number of carbonyl (C=O) groups excluding carboxylic acids is 1. The van der Waals surface area contributed by atoms with Crippen molar-refractivity contribution < 1.29 is 13.9 Å². The third-order valence-electron chi connectivity index (χ3n) is 5.31. The van der Waals surface area contributed by atoms with Gasteiger partial charge in [0.25, 0.3) is 0 Å². The summed E-state index contributed by atoms with van der Waals surface area (Å²) in [5, 5.41) is 3.04. The Morgan fingerprint density at radius 1 is 1.12 bits per heavy atom. The number of nitrogens with one attached hydrogen (secondary N) is 1. The first-order chi connectivity index (χ1) is 12.5. The summed E-state index contributed by atoms with van der Waals surface area (Å²) in [6, 6.07) is 13.8. The molecule has 1 aliphatic carbocycles. The van der Waals surface area contributed by atoms with Crippen molar-refractivity contribution in [2.75, 3.05) is 5.32 Å². The lowest BCUT2D eigenvalue weighted by Gasteiger charge is -2.28. The molecule has 2 aromatic rings. The highest BCUT2D eigenvalue weighted by atomic mass is 19.1. The zero-order valence-corrected chi connectivity index (χ0v) is 15.4. The average Bonchev–Trinajstić information content (AvgIpc) is 3.15. The second kappa shape index (κ2) is 7.90. The van der Waals surface area contributed by atoms with Gasteiger partial charge in [0, 0.05) is 5.69 Å². The monoisotopic (exact) mass is 355 g/mol. The molecule has 1 aliphatic rings. The fourth-order valence-electron chi connectivity index (χ4n) is 3.58. The number of rotatable bonds is 6. The van der Waals surface area contributed by atoms with Crippen LogP contribution in [0.15, 0.2) is 48.5 Å². The molecule has 1 amide bonds. The van der Waals surface area contributed by atoms with Gasteiger partial charge in [0.1, 0.15) is 11.6 Å². The van der Waals surface area contributed by atoms with Gasteiger partial charge in [-0.15, -0.1) is 0 Å². The number of ether oxygens (including phenoxy) is 1. The van der Waals surface area contributed by atoms with Crippen molar-refractivity contribution in [2.24, 2.45) is 0 Å². The van der Waals surface area contributed by atoms with Crippen molar-refractivity contribution in [1.82, 2.24) is 0 Å². The van der Waals surface area contributed by atoms with Crippen molar-refractivity contribution in [3.8, 4) is 5.75 Å². The highest BCUT2D eigenvalue weighted by Crippen LogP contribution is 2.42. The van der Waals surface area contributed by atoms with Crippen LogP contribution in [-0.2, 0) is 10.2 Å². The van der Waals surface area contributed by atoms with E-state index in [0.29, 0.717) is 0 Å². The van der Waals surface area contributed by atoms with Crippen LogP contribution in [0.5, 0.6) is 5.75 Å². The molecular weight excluding hydrogens is 329 g/mol. The average molecular weight is 355 g/mol. The number of benzene rings is 2. The van der Waals surface area contributed by atoms with Crippen LogP contribution in [0, 0.1) is 5.82 Å². The second-order valence-corrected chi connectivity index (χ2v) is 7.11. The fraction of sp³-hybridized carbons (Fsp3) is 0.409. The van der Waals surface area contributed by atoms with Crippen molar-refractivity contribution in [3.63, 3.8) is 0 Å². The molecule has 0 spiro atoms. The molecule has 1 atom stereocenters. The third kappa shape index (κ3) is 3.90. The molecule has 0 heterocycles. The van der Waals surface area contributed by atoms with Crippen LogP contribution in [0.4, 0.5) is 10.1 Å². The number of amides is 1. The molecule has 1 saturated carbocycles. The molecular formula is C22H26FNO2. The van der Waals surface area contributed by atoms with Crippen LogP contribution in [-0.4, -0.2) is 12.0 Å². The molecule has 2 aromatic carbocycles. The van der Waals surface area contributed by atoms with Gasteiger partial charge in [0.2, 0.25) is 5.91 Å². The van der Waals surface area contributed by atoms with E-state index in [1.54, 1.807) is 12.1 Å². The maximum Gasteiger partial charge on any atom is 0.235 e. The van der Waals surface area contributed by atoms with E-state index in [4.69, 9.17) is 4.74 Å². The highest BCUT2D eigenvalue weighted by molar-refractivity contribution is 5.99. The Bertz CT molecular complexity index is 734. The van der Waals surface area contributed by atoms with Crippen LogP contribution in [0.1, 0.15) is 51.5 Å². The van der Waals surface area contributed by atoms with Crippen molar-refractivity contribution in [3.05, 3.63) is 59.9 Å². The minimum absolute atomic E-state index is 0.0165. The largest absolute Gasteiger partial charge is 0.491 e. The summed E-state index contributed by atoms with van der Waals surface area (Å²) < 4.78 is 19.1. The molecule has 0 aromatic heterocycles. The Morgan fingerprint density at radius 3 is 2.31 bits per heavy atom. The Kier molecular flexibility index (Phi) is 5.60. The summed E-state index contributed by atoms with van der Waals surface area (Å²) in [6.07, 6.45) is 4.70. The second-order valence-electron chi connectivity index (χ2n) is 7.11. The van der Waals surface area contributed by atoms with Crippen LogP contribution in [0.3, 0.4) is 0 Å². The smallest absolute Gasteiger partial charge is 0.235 e. The van der Waals surface area contributed by atoms with Gasteiger partial charge >= 0.3 is 0 Å². The number of halogens is 1. The van der Waals surface area contributed by atoms with E-state index in [0.717, 1.165) is 49.1 Å². The van der Waals surface area contributed by atoms with E-state index in [1.807, 2.05) is 31.2 Å². The van der Waals surface area contributed by atoms with Gasteiger partial charge in [-0.25, -0.2) is 4.39 Å². The molecule has 0 aliphatic heterocycles. The highest BCUT2D eigenvalue weighted by Gasteiger charge is 2.42. The molecule has 0 unspecified atom stereocenters. The van der Waals surface area contributed by atoms with Crippen molar-refractivity contribution in [1.29, 1.82) is 0 Å². The zero-order chi connectivity index (χ0) is 18.6. The van der Waals surface area contributed by atoms with Gasteiger partial charge in [-0.3, -0.25) is 4.79 Å². The Balaban J connectivity index is 1.75. The van der Waals surface area contributed by atoms with Gasteiger partial charge in [-0.2, -0.15) is 0 Å². The summed E-state index contributed by atoms with van der Waals surface area (Å²) in [5.41, 5.74) is 1.07. The van der Waals surface area contributed by atoms with Gasteiger partial charge in [0.15, 0.2) is 0 Å². The minimum atomic E-state index is -0.570. The van der Waals surface area contributed by atoms with Crippen LogP contribution in [0.2, 0.25) is 0 Å². The lowest BCUT2D eigenvalue weighted by molar-refractivity contribution is -0.121. The van der Waals surface area contributed by atoms with E-state index < -0.39 is 5.41 Å². The molecule has 4 heteroatoms.